The zero-order valence-corrected chi connectivity index (χ0v) is 14.7. The first-order valence-corrected chi connectivity index (χ1v) is 7.79. The highest BCUT2D eigenvalue weighted by Gasteiger charge is 2.14. The normalized spacial score (nSPS) is 10.7. The Hall–Kier alpha value is -3.09. The molecule has 0 saturated heterocycles. The minimum atomic E-state index is -0.282. The van der Waals surface area contributed by atoms with Crippen molar-refractivity contribution in [1.29, 1.82) is 0 Å². The van der Waals surface area contributed by atoms with E-state index in [4.69, 9.17) is 9.47 Å². The van der Waals surface area contributed by atoms with Gasteiger partial charge < -0.3 is 14.4 Å². The predicted molar refractivity (Wildman–Crippen MR) is 96.8 cm³/mol. The molecule has 0 aliphatic carbocycles. The summed E-state index contributed by atoms with van der Waals surface area (Å²) in [6.07, 6.45) is 1.67. The summed E-state index contributed by atoms with van der Waals surface area (Å²) < 4.78 is 12.6. The Kier molecular flexibility index (Phi) is 4.56. The van der Waals surface area contributed by atoms with Gasteiger partial charge in [0.05, 0.1) is 26.2 Å². The molecule has 3 aromatic rings. The van der Waals surface area contributed by atoms with Crippen molar-refractivity contribution in [2.24, 2.45) is 0 Å². The molecule has 7 nitrogen and oxygen atoms in total. The Bertz CT molecular complexity index is 966. The number of anilines is 1. The Balaban J connectivity index is 2.17. The van der Waals surface area contributed by atoms with Gasteiger partial charge in [-0.3, -0.25) is 9.36 Å². The fourth-order valence-electron chi connectivity index (χ4n) is 2.73. The van der Waals surface area contributed by atoms with Gasteiger partial charge in [-0.1, -0.05) is 6.07 Å². The van der Waals surface area contributed by atoms with Gasteiger partial charge in [-0.2, -0.15) is 4.98 Å². The standard InChI is InChI=1S/C18H20N4O3/c1-21(2)18-20-17(23)13-6-5-9-19-16(13)22(18)11-12-7-8-14(24-3)15(10-12)25-4/h5-10H,11H2,1-4H3. The second-order valence-electron chi connectivity index (χ2n) is 5.76. The van der Waals surface area contributed by atoms with Gasteiger partial charge in [0.25, 0.3) is 5.56 Å². The molecular weight excluding hydrogens is 320 g/mol. The van der Waals surface area contributed by atoms with Crippen LogP contribution in [0.3, 0.4) is 0 Å². The largest absolute Gasteiger partial charge is 0.493 e. The molecule has 0 aliphatic heterocycles. The molecule has 25 heavy (non-hydrogen) atoms. The van der Waals surface area contributed by atoms with Crippen molar-refractivity contribution >= 4 is 17.0 Å². The van der Waals surface area contributed by atoms with Gasteiger partial charge in [0.15, 0.2) is 11.5 Å². The molecule has 0 spiro atoms. The first-order chi connectivity index (χ1) is 12.0. The predicted octanol–water partition coefficient (Wildman–Crippen LogP) is 1.92. The van der Waals surface area contributed by atoms with Crippen LogP contribution in [0, 0.1) is 0 Å². The topological polar surface area (TPSA) is 69.5 Å². The van der Waals surface area contributed by atoms with Gasteiger partial charge in [-0.25, -0.2) is 4.98 Å². The Morgan fingerprint density at radius 3 is 2.56 bits per heavy atom. The van der Waals surface area contributed by atoms with Gasteiger partial charge in [0, 0.05) is 20.3 Å². The first kappa shape index (κ1) is 16.8. The number of aromatic nitrogens is 3. The fraction of sp³-hybridized carbons (Fsp3) is 0.278. The summed E-state index contributed by atoms with van der Waals surface area (Å²) in [7, 11) is 6.90. The molecular formula is C18H20N4O3. The van der Waals surface area contributed by atoms with Crippen molar-refractivity contribution in [2.45, 2.75) is 6.54 Å². The number of benzene rings is 1. The summed E-state index contributed by atoms with van der Waals surface area (Å²) in [5.74, 6) is 1.86. The summed E-state index contributed by atoms with van der Waals surface area (Å²) in [4.78, 5) is 22.7. The molecule has 0 bridgehead atoms. The number of nitrogens with zero attached hydrogens (tertiary/aromatic N) is 4. The van der Waals surface area contributed by atoms with Crippen LogP contribution in [-0.2, 0) is 6.54 Å². The van der Waals surface area contributed by atoms with Crippen LogP contribution < -0.4 is 19.9 Å². The van der Waals surface area contributed by atoms with Gasteiger partial charge in [-0.15, -0.1) is 0 Å². The molecule has 3 rings (SSSR count). The van der Waals surface area contributed by atoms with Crippen molar-refractivity contribution in [3.8, 4) is 11.5 Å². The number of pyridine rings is 1. The lowest BCUT2D eigenvalue weighted by Crippen LogP contribution is -2.25. The van der Waals surface area contributed by atoms with Crippen LogP contribution in [0.2, 0.25) is 0 Å². The molecule has 0 aliphatic rings. The van der Waals surface area contributed by atoms with E-state index in [1.54, 1.807) is 37.4 Å². The second kappa shape index (κ2) is 6.80. The molecule has 0 radical (unpaired) electrons. The summed E-state index contributed by atoms with van der Waals surface area (Å²) >= 11 is 0. The van der Waals surface area contributed by atoms with E-state index in [2.05, 4.69) is 9.97 Å². The zero-order chi connectivity index (χ0) is 18.0. The van der Waals surface area contributed by atoms with Crippen LogP contribution in [0.25, 0.3) is 11.0 Å². The molecule has 7 heteroatoms. The molecule has 0 unspecified atom stereocenters. The van der Waals surface area contributed by atoms with Crippen molar-refractivity contribution < 1.29 is 9.47 Å². The molecule has 2 aromatic heterocycles. The summed E-state index contributed by atoms with van der Waals surface area (Å²) in [6.45, 7) is 0.495. The van der Waals surface area contributed by atoms with Crippen LogP contribution in [0.4, 0.5) is 5.95 Å². The van der Waals surface area contributed by atoms with Gasteiger partial charge in [0.2, 0.25) is 5.95 Å². The Morgan fingerprint density at radius 1 is 1.12 bits per heavy atom. The smallest absolute Gasteiger partial charge is 0.283 e. The lowest BCUT2D eigenvalue weighted by molar-refractivity contribution is 0.354. The third-order valence-corrected chi connectivity index (χ3v) is 3.90. The maximum Gasteiger partial charge on any atom is 0.283 e. The Morgan fingerprint density at radius 2 is 1.88 bits per heavy atom. The van der Waals surface area contributed by atoms with E-state index in [-0.39, 0.29) is 5.56 Å². The van der Waals surface area contributed by atoms with Crippen molar-refractivity contribution in [3.63, 3.8) is 0 Å². The highest BCUT2D eigenvalue weighted by molar-refractivity contribution is 5.75. The number of fused-ring (bicyclic) bond motifs is 1. The van der Waals surface area contributed by atoms with E-state index in [0.29, 0.717) is 35.0 Å². The first-order valence-electron chi connectivity index (χ1n) is 7.79. The number of ether oxygens (including phenoxy) is 2. The van der Waals surface area contributed by atoms with Crippen LogP contribution >= 0.6 is 0 Å². The molecule has 0 fully saturated rings. The third-order valence-electron chi connectivity index (χ3n) is 3.90. The second-order valence-corrected chi connectivity index (χ2v) is 5.76. The van der Waals surface area contributed by atoms with Crippen LogP contribution in [0.15, 0.2) is 41.3 Å². The summed E-state index contributed by atoms with van der Waals surface area (Å²) in [6, 6.07) is 9.19. The maximum atomic E-state index is 12.3. The lowest BCUT2D eigenvalue weighted by Gasteiger charge is -2.20. The summed E-state index contributed by atoms with van der Waals surface area (Å²) in [5.41, 5.74) is 1.30. The Labute approximate surface area is 145 Å². The van der Waals surface area contributed by atoms with E-state index >= 15 is 0 Å². The number of hydrogen-bond donors (Lipinski definition) is 0. The van der Waals surface area contributed by atoms with E-state index in [1.165, 1.54) is 0 Å². The third kappa shape index (κ3) is 3.13. The van der Waals surface area contributed by atoms with Crippen molar-refractivity contribution in [2.75, 3.05) is 33.2 Å². The molecule has 1 aromatic carbocycles. The number of rotatable bonds is 5. The number of methoxy groups -OCH3 is 2. The summed E-state index contributed by atoms with van der Waals surface area (Å²) in [5, 5.41) is 0.494. The monoisotopic (exact) mass is 340 g/mol. The lowest BCUT2D eigenvalue weighted by atomic mass is 10.2. The van der Waals surface area contributed by atoms with Crippen LogP contribution in [0.5, 0.6) is 11.5 Å². The maximum absolute atomic E-state index is 12.3. The van der Waals surface area contributed by atoms with Gasteiger partial charge in [-0.05, 0) is 29.8 Å². The molecule has 130 valence electrons. The van der Waals surface area contributed by atoms with E-state index in [9.17, 15) is 4.79 Å². The van der Waals surface area contributed by atoms with E-state index in [1.807, 2.05) is 36.9 Å². The molecule has 2 heterocycles. The zero-order valence-electron chi connectivity index (χ0n) is 14.7. The van der Waals surface area contributed by atoms with Crippen molar-refractivity contribution in [1.82, 2.24) is 14.5 Å². The van der Waals surface area contributed by atoms with Crippen molar-refractivity contribution in [3.05, 3.63) is 52.4 Å². The minimum Gasteiger partial charge on any atom is -0.493 e. The van der Waals surface area contributed by atoms with Gasteiger partial charge in [0.1, 0.15) is 5.65 Å². The molecule has 0 saturated carbocycles. The fourth-order valence-corrected chi connectivity index (χ4v) is 2.73. The highest BCUT2D eigenvalue weighted by Crippen LogP contribution is 2.28. The van der Waals surface area contributed by atoms with Gasteiger partial charge >= 0.3 is 0 Å². The average Bonchev–Trinajstić information content (AvgIpc) is 2.63. The minimum absolute atomic E-state index is 0.282. The molecule has 0 N–H and O–H groups in total. The van der Waals surface area contributed by atoms with Crippen LogP contribution in [-0.4, -0.2) is 42.8 Å². The number of hydrogen-bond acceptors (Lipinski definition) is 6. The highest BCUT2D eigenvalue weighted by atomic mass is 16.5. The van der Waals surface area contributed by atoms with E-state index in [0.717, 1.165) is 5.56 Å². The van der Waals surface area contributed by atoms with Crippen LogP contribution in [0.1, 0.15) is 5.56 Å². The quantitative estimate of drug-likeness (QED) is 0.707. The molecule has 0 amide bonds. The van der Waals surface area contributed by atoms with E-state index < -0.39 is 0 Å². The molecule has 0 atom stereocenters. The SMILES string of the molecule is COc1ccc(Cn2c(N(C)C)nc(=O)c3cccnc32)cc1OC. The average molecular weight is 340 g/mol.